The van der Waals surface area contributed by atoms with Gasteiger partial charge in [0.25, 0.3) is 5.91 Å². The maximum absolute atomic E-state index is 12.1. The summed E-state index contributed by atoms with van der Waals surface area (Å²) in [4.78, 5) is 16.7. The number of pyridine rings is 1. The van der Waals surface area contributed by atoms with Crippen molar-refractivity contribution in [3.63, 3.8) is 0 Å². The topological polar surface area (TPSA) is 36.1 Å². The van der Waals surface area contributed by atoms with Gasteiger partial charge in [0.15, 0.2) is 0 Å². The Morgan fingerprint density at radius 3 is 3.00 bits per heavy atom. The van der Waals surface area contributed by atoms with Crippen molar-refractivity contribution in [2.45, 2.75) is 6.54 Å². The van der Waals surface area contributed by atoms with Crippen LogP contribution in [0.4, 0.5) is 0 Å². The summed E-state index contributed by atoms with van der Waals surface area (Å²) in [7, 11) is 1.78. The molecule has 0 aliphatic heterocycles. The highest BCUT2D eigenvalue weighted by atomic mass is 32.1. The molecule has 0 spiro atoms. The van der Waals surface area contributed by atoms with E-state index in [-0.39, 0.29) is 5.91 Å². The number of carbonyl (C=O) groups excluding carboxylic acids is 1. The zero-order valence-electron chi connectivity index (χ0n) is 9.34. The minimum absolute atomic E-state index is 0.0574. The standard InChI is InChI=1S/C12H12N2OS2/c1-14(7-9-4-6-17-8-9)12(15)10-3-2-5-13-11(10)16/h2-6,8H,7H2,1H3,(H,13,16). The molecule has 17 heavy (non-hydrogen) atoms. The van der Waals surface area contributed by atoms with E-state index in [4.69, 9.17) is 12.2 Å². The third-order valence-electron chi connectivity index (χ3n) is 2.40. The summed E-state index contributed by atoms with van der Waals surface area (Å²) in [6.07, 6.45) is 1.72. The van der Waals surface area contributed by atoms with Crippen molar-refractivity contribution >= 4 is 29.5 Å². The molecule has 2 aromatic heterocycles. The Morgan fingerprint density at radius 1 is 1.53 bits per heavy atom. The number of amides is 1. The number of rotatable bonds is 3. The maximum Gasteiger partial charge on any atom is 0.256 e. The van der Waals surface area contributed by atoms with Crippen LogP contribution in [-0.4, -0.2) is 22.8 Å². The van der Waals surface area contributed by atoms with Gasteiger partial charge in [0.1, 0.15) is 4.64 Å². The van der Waals surface area contributed by atoms with Crippen LogP contribution < -0.4 is 0 Å². The first-order chi connectivity index (χ1) is 8.18. The molecule has 0 saturated heterocycles. The van der Waals surface area contributed by atoms with Crippen molar-refractivity contribution in [2.24, 2.45) is 0 Å². The first-order valence-corrected chi connectivity index (χ1v) is 6.48. The van der Waals surface area contributed by atoms with Gasteiger partial charge in [-0.2, -0.15) is 11.3 Å². The third kappa shape index (κ3) is 2.81. The lowest BCUT2D eigenvalue weighted by Gasteiger charge is -2.16. The van der Waals surface area contributed by atoms with E-state index in [9.17, 15) is 4.79 Å². The van der Waals surface area contributed by atoms with Crippen LogP contribution in [0.15, 0.2) is 35.2 Å². The van der Waals surface area contributed by atoms with E-state index < -0.39 is 0 Å². The smallest absolute Gasteiger partial charge is 0.256 e. The summed E-state index contributed by atoms with van der Waals surface area (Å²) >= 11 is 6.72. The quantitative estimate of drug-likeness (QED) is 0.865. The van der Waals surface area contributed by atoms with Gasteiger partial charge in [-0.25, -0.2) is 0 Å². The number of H-pyrrole nitrogens is 1. The zero-order valence-corrected chi connectivity index (χ0v) is 11.0. The normalized spacial score (nSPS) is 10.2. The Bertz CT molecular complexity index is 560. The summed E-state index contributed by atoms with van der Waals surface area (Å²) in [5, 5.41) is 4.04. The van der Waals surface area contributed by atoms with Crippen LogP contribution in [0.1, 0.15) is 15.9 Å². The van der Waals surface area contributed by atoms with E-state index in [1.165, 1.54) is 0 Å². The minimum atomic E-state index is -0.0574. The third-order valence-corrected chi connectivity index (χ3v) is 3.46. The van der Waals surface area contributed by atoms with E-state index in [0.29, 0.717) is 16.7 Å². The lowest BCUT2D eigenvalue weighted by atomic mass is 10.2. The van der Waals surface area contributed by atoms with Gasteiger partial charge in [0.05, 0.1) is 5.56 Å². The van der Waals surface area contributed by atoms with E-state index >= 15 is 0 Å². The van der Waals surface area contributed by atoms with Gasteiger partial charge in [-0.3, -0.25) is 4.79 Å². The molecule has 0 unspecified atom stereocenters. The fourth-order valence-corrected chi connectivity index (χ4v) is 2.41. The van der Waals surface area contributed by atoms with Crippen LogP contribution >= 0.6 is 23.6 Å². The van der Waals surface area contributed by atoms with Gasteiger partial charge in [-0.15, -0.1) is 0 Å². The molecule has 0 aromatic carbocycles. The molecule has 5 heteroatoms. The monoisotopic (exact) mass is 264 g/mol. The number of thiophene rings is 1. The molecular formula is C12H12N2OS2. The average molecular weight is 264 g/mol. The van der Waals surface area contributed by atoms with Gasteiger partial charge in [0, 0.05) is 19.8 Å². The van der Waals surface area contributed by atoms with E-state index in [2.05, 4.69) is 4.98 Å². The fraction of sp³-hybridized carbons (Fsp3) is 0.167. The number of nitrogens with one attached hydrogen (secondary N) is 1. The number of hydrogen-bond acceptors (Lipinski definition) is 3. The minimum Gasteiger partial charge on any atom is -0.352 e. The first-order valence-electron chi connectivity index (χ1n) is 5.12. The number of aromatic amines is 1. The molecule has 0 radical (unpaired) electrons. The lowest BCUT2D eigenvalue weighted by molar-refractivity contribution is 0.0784. The molecule has 2 aromatic rings. The summed E-state index contributed by atoms with van der Waals surface area (Å²) < 4.78 is 0.481. The second-order valence-electron chi connectivity index (χ2n) is 3.71. The van der Waals surface area contributed by atoms with Crippen molar-refractivity contribution < 1.29 is 4.79 Å². The molecule has 2 heterocycles. The van der Waals surface area contributed by atoms with Crippen molar-refractivity contribution in [2.75, 3.05) is 7.05 Å². The highest BCUT2D eigenvalue weighted by Crippen LogP contribution is 2.11. The molecule has 0 fully saturated rings. The Labute approximate surface area is 109 Å². The molecule has 1 amide bonds. The second kappa shape index (κ2) is 5.25. The van der Waals surface area contributed by atoms with Gasteiger partial charge in [-0.05, 0) is 34.5 Å². The Kier molecular flexibility index (Phi) is 3.71. The summed E-state index contributed by atoms with van der Waals surface area (Å²) in [6.45, 7) is 0.603. The van der Waals surface area contributed by atoms with Crippen LogP contribution in [0.2, 0.25) is 0 Å². The SMILES string of the molecule is CN(Cc1ccsc1)C(=O)c1ccc[nH]c1=S. The maximum atomic E-state index is 12.1. The van der Waals surface area contributed by atoms with Gasteiger partial charge in [-0.1, -0.05) is 12.2 Å². The van der Waals surface area contributed by atoms with Crippen molar-refractivity contribution in [1.29, 1.82) is 0 Å². The number of hydrogen-bond donors (Lipinski definition) is 1. The van der Waals surface area contributed by atoms with Gasteiger partial charge < -0.3 is 9.88 Å². The Hall–Kier alpha value is -1.46. The second-order valence-corrected chi connectivity index (χ2v) is 4.89. The number of nitrogens with zero attached hydrogens (tertiary/aromatic N) is 1. The van der Waals surface area contributed by atoms with Gasteiger partial charge >= 0.3 is 0 Å². The largest absolute Gasteiger partial charge is 0.352 e. The van der Waals surface area contributed by atoms with Crippen LogP contribution in [0.25, 0.3) is 0 Å². The van der Waals surface area contributed by atoms with Crippen LogP contribution in [0.3, 0.4) is 0 Å². The van der Waals surface area contributed by atoms with Crippen LogP contribution in [0.5, 0.6) is 0 Å². The van der Waals surface area contributed by atoms with E-state index in [0.717, 1.165) is 5.56 Å². The molecule has 0 bridgehead atoms. The summed E-state index contributed by atoms with van der Waals surface area (Å²) in [6, 6.07) is 5.53. The van der Waals surface area contributed by atoms with E-state index in [1.807, 2.05) is 16.8 Å². The molecule has 0 atom stereocenters. The Balaban J connectivity index is 2.15. The molecule has 0 aliphatic carbocycles. The average Bonchev–Trinajstić information content (AvgIpc) is 2.81. The zero-order chi connectivity index (χ0) is 12.3. The molecule has 0 aliphatic rings. The van der Waals surface area contributed by atoms with Gasteiger partial charge in [0.2, 0.25) is 0 Å². The predicted molar refractivity (Wildman–Crippen MR) is 71.7 cm³/mol. The number of aromatic nitrogens is 1. The lowest BCUT2D eigenvalue weighted by Crippen LogP contribution is -2.26. The van der Waals surface area contributed by atoms with Crippen LogP contribution in [0, 0.1) is 4.64 Å². The first kappa shape index (κ1) is 12.0. The van der Waals surface area contributed by atoms with Crippen LogP contribution in [-0.2, 0) is 6.54 Å². The van der Waals surface area contributed by atoms with Crippen molar-refractivity contribution in [3.05, 3.63) is 50.9 Å². The summed E-state index contributed by atoms with van der Waals surface area (Å²) in [5.74, 6) is -0.0574. The Morgan fingerprint density at radius 2 is 2.35 bits per heavy atom. The molecule has 0 saturated carbocycles. The predicted octanol–water partition coefficient (Wildman–Crippen LogP) is 3.08. The van der Waals surface area contributed by atoms with Crippen molar-refractivity contribution in [3.8, 4) is 0 Å². The highest BCUT2D eigenvalue weighted by Gasteiger charge is 2.13. The fourth-order valence-electron chi connectivity index (χ4n) is 1.52. The molecule has 3 nitrogen and oxygen atoms in total. The highest BCUT2D eigenvalue weighted by molar-refractivity contribution is 7.71. The van der Waals surface area contributed by atoms with E-state index in [1.54, 1.807) is 41.6 Å². The molecular weight excluding hydrogens is 252 g/mol. The molecule has 88 valence electrons. The van der Waals surface area contributed by atoms with Crippen molar-refractivity contribution in [1.82, 2.24) is 9.88 Å². The molecule has 2 rings (SSSR count). The number of carbonyl (C=O) groups is 1. The molecule has 1 N–H and O–H groups in total. The summed E-state index contributed by atoms with van der Waals surface area (Å²) in [5.41, 5.74) is 1.68.